The lowest BCUT2D eigenvalue weighted by molar-refractivity contribution is 0.377. The van der Waals surface area contributed by atoms with Crippen LogP contribution < -0.4 is 0 Å². The second kappa shape index (κ2) is 8.00. The highest BCUT2D eigenvalue weighted by molar-refractivity contribution is 5.46. The van der Waals surface area contributed by atoms with Gasteiger partial charge in [0, 0.05) is 12.0 Å². The Labute approximate surface area is 129 Å². The quantitative estimate of drug-likeness (QED) is 0.474. The molecule has 114 valence electrons. The summed E-state index contributed by atoms with van der Waals surface area (Å²) in [5, 5.41) is 0. The van der Waals surface area contributed by atoms with E-state index in [2.05, 4.69) is 45.9 Å². The predicted molar refractivity (Wildman–Crippen MR) is 91.8 cm³/mol. The van der Waals surface area contributed by atoms with Crippen LogP contribution in [0.15, 0.2) is 53.2 Å². The number of hydrogen-bond donors (Lipinski definition) is 0. The first-order valence-corrected chi connectivity index (χ1v) is 7.81. The molecule has 1 unspecified atom stereocenters. The molecule has 0 aliphatic heterocycles. The van der Waals surface area contributed by atoms with Gasteiger partial charge >= 0.3 is 0 Å². The second-order valence-electron chi connectivity index (χ2n) is 6.70. The number of rotatable bonds is 5. The van der Waals surface area contributed by atoms with Gasteiger partial charge in [0.05, 0.1) is 0 Å². The molecule has 0 fully saturated rings. The van der Waals surface area contributed by atoms with E-state index in [9.17, 15) is 4.79 Å². The Bertz CT molecular complexity index is 520. The van der Waals surface area contributed by atoms with Crippen molar-refractivity contribution in [2.45, 2.75) is 53.9 Å². The Kier molecular flexibility index (Phi) is 6.65. The molecule has 0 heterocycles. The van der Waals surface area contributed by atoms with Gasteiger partial charge in [-0.25, -0.2) is 4.79 Å². The van der Waals surface area contributed by atoms with Crippen molar-refractivity contribution in [2.24, 2.45) is 11.3 Å². The molecule has 1 heteroatoms. The van der Waals surface area contributed by atoms with E-state index in [4.69, 9.17) is 0 Å². The molecule has 0 aromatic rings. The van der Waals surface area contributed by atoms with Gasteiger partial charge in [-0.1, -0.05) is 62.3 Å². The average Bonchev–Trinajstić information content (AvgIpc) is 2.37. The van der Waals surface area contributed by atoms with Crippen LogP contribution in [0.5, 0.6) is 0 Å². The molecule has 0 aromatic heterocycles. The summed E-state index contributed by atoms with van der Waals surface area (Å²) in [5.41, 5.74) is 4.52. The molecule has 0 saturated carbocycles. The van der Waals surface area contributed by atoms with Crippen molar-refractivity contribution in [3.05, 3.63) is 53.2 Å². The van der Waals surface area contributed by atoms with Crippen LogP contribution >= 0.6 is 0 Å². The zero-order valence-corrected chi connectivity index (χ0v) is 14.1. The zero-order chi connectivity index (χ0) is 15.9. The van der Waals surface area contributed by atoms with E-state index >= 15 is 0 Å². The Morgan fingerprint density at radius 1 is 1.38 bits per heavy atom. The van der Waals surface area contributed by atoms with Crippen LogP contribution in [0.25, 0.3) is 0 Å². The maximum atomic E-state index is 10.2. The van der Waals surface area contributed by atoms with E-state index in [1.165, 1.54) is 42.1 Å². The predicted octanol–water partition coefficient (Wildman–Crippen LogP) is 5.60. The number of allylic oxidation sites excluding steroid dienone is 9. The summed E-state index contributed by atoms with van der Waals surface area (Å²) in [7, 11) is 0. The molecule has 21 heavy (non-hydrogen) atoms. The third kappa shape index (κ3) is 5.73. The number of carbonyl (C=O) groups excluding carboxylic acids is 1. The van der Waals surface area contributed by atoms with E-state index in [1.54, 1.807) is 0 Å². The van der Waals surface area contributed by atoms with Gasteiger partial charge in [-0.3, -0.25) is 0 Å². The molecule has 0 spiro atoms. The van der Waals surface area contributed by atoms with E-state index in [-0.39, 0.29) is 11.3 Å². The number of hydrogen-bond acceptors (Lipinski definition) is 1. The molecule has 0 aromatic carbocycles. The molecule has 0 N–H and O–H groups in total. The summed E-state index contributed by atoms with van der Waals surface area (Å²) in [5.74, 6) is 1.96. The molecule has 0 bridgehead atoms. The lowest BCUT2D eigenvalue weighted by atomic mass is 9.72. The SMILES string of the molecule is CC1=C(\C=C/C(C)=C\C=C/C(C)C=C=O)C(C)(C)CCC1. The van der Waals surface area contributed by atoms with Crippen LogP contribution in [0.4, 0.5) is 0 Å². The van der Waals surface area contributed by atoms with E-state index < -0.39 is 0 Å². The van der Waals surface area contributed by atoms with Gasteiger partial charge in [-0.15, -0.1) is 0 Å². The normalized spacial score (nSPS) is 20.9. The van der Waals surface area contributed by atoms with Gasteiger partial charge in [0.25, 0.3) is 0 Å². The topological polar surface area (TPSA) is 17.1 Å². The molecule has 1 nitrogen and oxygen atoms in total. The van der Waals surface area contributed by atoms with Crippen LogP contribution in [0.3, 0.4) is 0 Å². The Morgan fingerprint density at radius 2 is 2.10 bits per heavy atom. The van der Waals surface area contributed by atoms with Crippen molar-refractivity contribution in [1.29, 1.82) is 0 Å². The smallest absolute Gasteiger partial charge is 0.120 e. The largest absolute Gasteiger partial charge is 0.234 e. The fraction of sp³-hybridized carbons (Fsp3) is 0.500. The standard InChI is InChI=1S/C20H28O/c1-16(8-6-9-17(2)13-15-21)11-12-19-18(3)10-7-14-20(19,4)5/h6,8-9,11-13,17H,7,10,14H2,1-5H3/b9-6-,12-11-,16-8-. The van der Waals surface area contributed by atoms with Gasteiger partial charge in [-0.2, -0.15) is 0 Å². The first kappa shape index (κ1) is 17.5. The fourth-order valence-corrected chi connectivity index (χ4v) is 2.83. The van der Waals surface area contributed by atoms with Crippen LogP contribution in [-0.4, -0.2) is 5.94 Å². The van der Waals surface area contributed by atoms with Crippen molar-refractivity contribution in [1.82, 2.24) is 0 Å². The second-order valence-corrected chi connectivity index (χ2v) is 6.70. The average molecular weight is 284 g/mol. The maximum Gasteiger partial charge on any atom is 0.120 e. The van der Waals surface area contributed by atoms with Crippen molar-refractivity contribution in [2.75, 3.05) is 0 Å². The first-order chi connectivity index (χ1) is 9.86. The molecular formula is C20H28O. The Balaban J connectivity index is 2.77. The van der Waals surface area contributed by atoms with Crippen molar-refractivity contribution >= 4 is 5.94 Å². The van der Waals surface area contributed by atoms with Gasteiger partial charge in [0.15, 0.2) is 0 Å². The van der Waals surface area contributed by atoms with Gasteiger partial charge in [0.1, 0.15) is 5.94 Å². The van der Waals surface area contributed by atoms with E-state index in [0.29, 0.717) is 0 Å². The molecule has 0 amide bonds. The maximum absolute atomic E-state index is 10.2. The zero-order valence-electron chi connectivity index (χ0n) is 14.1. The summed E-state index contributed by atoms with van der Waals surface area (Å²) < 4.78 is 0. The molecule has 0 radical (unpaired) electrons. The first-order valence-electron chi connectivity index (χ1n) is 7.81. The van der Waals surface area contributed by atoms with Gasteiger partial charge in [0.2, 0.25) is 0 Å². The van der Waals surface area contributed by atoms with Crippen molar-refractivity contribution < 1.29 is 4.79 Å². The van der Waals surface area contributed by atoms with Crippen molar-refractivity contribution in [3.8, 4) is 0 Å². The van der Waals surface area contributed by atoms with E-state index in [1.807, 2.05) is 25.0 Å². The Hall–Kier alpha value is -1.59. The third-order valence-corrected chi connectivity index (χ3v) is 4.16. The summed E-state index contributed by atoms with van der Waals surface area (Å²) in [6, 6.07) is 0. The van der Waals surface area contributed by atoms with Gasteiger partial charge in [-0.05, 0) is 44.1 Å². The van der Waals surface area contributed by atoms with Crippen LogP contribution in [-0.2, 0) is 4.79 Å². The third-order valence-electron chi connectivity index (χ3n) is 4.16. The fourth-order valence-electron chi connectivity index (χ4n) is 2.83. The van der Waals surface area contributed by atoms with Crippen LogP contribution in [0.1, 0.15) is 53.9 Å². The summed E-state index contributed by atoms with van der Waals surface area (Å²) >= 11 is 0. The summed E-state index contributed by atoms with van der Waals surface area (Å²) in [6.45, 7) is 11.0. The summed E-state index contributed by atoms with van der Waals surface area (Å²) in [6.07, 6.45) is 15.9. The van der Waals surface area contributed by atoms with Crippen LogP contribution in [0.2, 0.25) is 0 Å². The lowest BCUT2D eigenvalue weighted by Gasteiger charge is -2.32. The highest BCUT2D eigenvalue weighted by Gasteiger charge is 2.26. The van der Waals surface area contributed by atoms with Crippen molar-refractivity contribution in [3.63, 3.8) is 0 Å². The molecule has 1 aliphatic rings. The molecule has 1 atom stereocenters. The lowest BCUT2D eigenvalue weighted by Crippen LogP contribution is -2.19. The minimum absolute atomic E-state index is 0.137. The highest BCUT2D eigenvalue weighted by Crippen LogP contribution is 2.40. The van der Waals surface area contributed by atoms with E-state index in [0.717, 1.165) is 0 Å². The minimum atomic E-state index is 0.137. The Morgan fingerprint density at radius 3 is 2.71 bits per heavy atom. The molecular weight excluding hydrogens is 256 g/mol. The molecule has 0 saturated heterocycles. The molecule has 1 aliphatic carbocycles. The molecule has 1 rings (SSSR count). The van der Waals surface area contributed by atoms with Crippen LogP contribution in [0, 0.1) is 11.3 Å². The van der Waals surface area contributed by atoms with Gasteiger partial charge < -0.3 is 0 Å². The summed E-state index contributed by atoms with van der Waals surface area (Å²) in [4.78, 5) is 10.2. The monoisotopic (exact) mass is 284 g/mol. The minimum Gasteiger partial charge on any atom is -0.234 e. The highest BCUT2D eigenvalue weighted by atomic mass is 16.1.